The van der Waals surface area contributed by atoms with Crippen molar-refractivity contribution in [2.45, 2.75) is 32.2 Å². The number of hydrogen-bond acceptors (Lipinski definition) is 6. The molecule has 1 aliphatic rings. The van der Waals surface area contributed by atoms with Gasteiger partial charge in [-0.2, -0.15) is 5.10 Å². The Morgan fingerprint density at radius 3 is 2.77 bits per heavy atom. The van der Waals surface area contributed by atoms with Crippen molar-refractivity contribution in [2.24, 2.45) is 0 Å². The van der Waals surface area contributed by atoms with Crippen molar-refractivity contribution in [3.63, 3.8) is 0 Å². The number of carbonyl (C=O) groups is 1. The van der Waals surface area contributed by atoms with Crippen LogP contribution in [0.15, 0.2) is 24.3 Å². The fourth-order valence-corrected chi connectivity index (χ4v) is 3.73. The van der Waals surface area contributed by atoms with Gasteiger partial charge >= 0.3 is 6.09 Å². The van der Waals surface area contributed by atoms with Gasteiger partial charge in [-0.1, -0.05) is 13.0 Å². The van der Waals surface area contributed by atoms with Crippen LogP contribution in [-0.4, -0.2) is 60.8 Å². The molecule has 2 aromatic heterocycles. The molecule has 1 saturated heterocycles. The standard InChI is InChI=1S/C20H23FN6O3/c1-2-8-22-19-17-16(27(25-19)12-6-9-26(10-7-12)20(29)30)11-15(23-24-17)13-4-3-5-14(21)18(13)28/h3-5,11-12,28H,2,6-10H2,1H3,(H,22,25)(H,29,30). The van der Waals surface area contributed by atoms with Crippen molar-refractivity contribution >= 4 is 22.9 Å². The number of phenolic OH excluding ortho intramolecular Hbond substituents is 1. The number of para-hydroxylation sites is 1. The van der Waals surface area contributed by atoms with Crippen LogP contribution in [-0.2, 0) is 0 Å². The summed E-state index contributed by atoms with van der Waals surface area (Å²) in [6.07, 6.45) is 1.24. The minimum Gasteiger partial charge on any atom is -0.504 e. The number of anilines is 1. The average molecular weight is 414 g/mol. The summed E-state index contributed by atoms with van der Waals surface area (Å²) in [5.41, 5.74) is 1.88. The van der Waals surface area contributed by atoms with Gasteiger partial charge < -0.3 is 20.4 Å². The van der Waals surface area contributed by atoms with Gasteiger partial charge in [0.2, 0.25) is 0 Å². The summed E-state index contributed by atoms with van der Waals surface area (Å²) in [5.74, 6) is -0.597. The van der Waals surface area contributed by atoms with Crippen LogP contribution >= 0.6 is 0 Å². The molecule has 1 fully saturated rings. The molecule has 0 bridgehead atoms. The first-order chi connectivity index (χ1) is 14.5. The highest BCUT2D eigenvalue weighted by atomic mass is 19.1. The molecule has 0 spiro atoms. The monoisotopic (exact) mass is 414 g/mol. The predicted molar refractivity (Wildman–Crippen MR) is 109 cm³/mol. The Morgan fingerprint density at radius 1 is 1.30 bits per heavy atom. The molecule has 30 heavy (non-hydrogen) atoms. The van der Waals surface area contributed by atoms with Gasteiger partial charge in [-0.05, 0) is 37.5 Å². The third-order valence-electron chi connectivity index (χ3n) is 5.34. The number of likely N-dealkylation sites (tertiary alicyclic amines) is 1. The van der Waals surface area contributed by atoms with Crippen molar-refractivity contribution in [1.29, 1.82) is 0 Å². The second-order valence-electron chi connectivity index (χ2n) is 7.32. The van der Waals surface area contributed by atoms with E-state index in [1.54, 1.807) is 12.1 Å². The number of phenols is 1. The minimum absolute atomic E-state index is 0.00145. The second-order valence-corrected chi connectivity index (χ2v) is 7.32. The van der Waals surface area contributed by atoms with Crippen LogP contribution in [0.25, 0.3) is 22.3 Å². The fraction of sp³-hybridized carbons (Fsp3) is 0.400. The highest BCUT2D eigenvalue weighted by Crippen LogP contribution is 2.34. The molecule has 1 amide bonds. The summed E-state index contributed by atoms with van der Waals surface area (Å²) in [5, 5.41) is 35.7. The molecule has 4 rings (SSSR count). The Morgan fingerprint density at radius 2 is 2.07 bits per heavy atom. The topological polar surface area (TPSA) is 116 Å². The summed E-state index contributed by atoms with van der Waals surface area (Å²) in [6.45, 7) is 3.62. The van der Waals surface area contributed by atoms with E-state index in [1.807, 2.05) is 11.6 Å². The highest BCUT2D eigenvalue weighted by Gasteiger charge is 2.27. The zero-order valence-corrected chi connectivity index (χ0v) is 16.5. The van der Waals surface area contributed by atoms with E-state index in [0.29, 0.717) is 48.5 Å². The van der Waals surface area contributed by atoms with Crippen molar-refractivity contribution in [3.05, 3.63) is 30.1 Å². The number of aromatic hydroxyl groups is 1. The molecule has 1 aromatic carbocycles. The van der Waals surface area contributed by atoms with Crippen LogP contribution in [0.2, 0.25) is 0 Å². The minimum atomic E-state index is -0.918. The van der Waals surface area contributed by atoms with Gasteiger partial charge in [0.05, 0.1) is 17.3 Å². The first-order valence-corrected chi connectivity index (χ1v) is 9.95. The van der Waals surface area contributed by atoms with Crippen LogP contribution in [0.1, 0.15) is 32.2 Å². The smallest absolute Gasteiger partial charge is 0.407 e. The van der Waals surface area contributed by atoms with Gasteiger partial charge in [0, 0.05) is 25.2 Å². The van der Waals surface area contributed by atoms with Crippen molar-refractivity contribution < 1.29 is 19.4 Å². The number of benzene rings is 1. The molecule has 0 atom stereocenters. The zero-order chi connectivity index (χ0) is 21.3. The van der Waals surface area contributed by atoms with E-state index in [-0.39, 0.29) is 11.6 Å². The Bertz CT molecular complexity index is 1080. The summed E-state index contributed by atoms with van der Waals surface area (Å²) >= 11 is 0. The number of aromatic nitrogens is 4. The maximum Gasteiger partial charge on any atom is 0.407 e. The van der Waals surface area contributed by atoms with Crippen LogP contribution in [0.4, 0.5) is 15.0 Å². The summed E-state index contributed by atoms with van der Waals surface area (Å²) in [6, 6.07) is 6.00. The molecule has 9 nitrogen and oxygen atoms in total. The van der Waals surface area contributed by atoms with E-state index in [9.17, 15) is 19.4 Å². The van der Waals surface area contributed by atoms with E-state index >= 15 is 0 Å². The number of nitrogens with zero attached hydrogens (tertiary/aromatic N) is 5. The number of carboxylic acid groups (broad SMARTS) is 1. The molecule has 3 heterocycles. The number of halogens is 1. The van der Waals surface area contributed by atoms with E-state index in [0.717, 1.165) is 13.0 Å². The second kappa shape index (κ2) is 8.13. The van der Waals surface area contributed by atoms with Gasteiger partial charge in [-0.3, -0.25) is 4.68 Å². The molecule has 0 unspecified atom stereocenters. The number of rotatable bonds is 5. The van der Waals surface area contributed by atoms with Crippen LogP contribution in [0.3, 0.4) is 0 Å². The molecule has 0 saturated carbocycles. The third-order valence-corrected chi connectivity index (χ3v) is 5.34. The number of hydrogen-bond donors (Lipinski definition) is 3. The van der Waals surface area contributed by atoms with Gasteiger partial charge in [-0.15, -0.1) is 10.2 Å². The number of nitrogens with one attached hydrogen (secondary N) is 1. The lowest BCUT2D eigenvalue weighted by molar-refractivity contribution is 0.124. The quantitative estimate of drug-likeness (QED) is 0.585. The van der Waals surface area contributed by atoms with Gasteiger partial charge in [0.1, 0.15) is 0 Å². The summed E-state index contributed by atoms with van der Waals surface area (Å²) in [4.78, 5) is 12.6. The van der Waals surface area contributed by atoms with E-state index < -0.39 is 17.7 Å². The number of amides is 1. The normalized spacial score (nSPS) is 14.9. The molecule has 0 radical (unpaired) electrons. The van der Waals surface area contributed by atoms with Crippen LogP contribution in [0, 0.1) is 5.82 Å². The van der Waals surface area contributed by atoms with Crippen molar-refractivity contribution in [3.8, 4) is 17.0 Å². The van der Waals surface area contributed by atoms with E-state index in [2.05, 4.69) is 15.5 Å². The van der Waals surface area contributed by atoms with Crippen molar-refractivity contribution in [2.75, 3.05) is 25.0 Å². The van der Waals surface area contributed by atoms with Gasteiger partial charge in [-0.25, -0.2) is 9.18 Å². The fourth-order valence-electron chi connectivity index (χ4n) is 3.73. The molecule has 158 valence electrons. The number of piperidine rings is 1. The van der Waals surface area contributed by atoms with E-state index in [1.165, 1.54) is 17.0 Å². The lowest BCUT2D eigenvalue weighted by Crippen LogP contribution is -2.38. The largest absolute Gasteiger partial charge is 0.504 e. The summed E-state index contributed by atoms with van der Waals surface area (Å²) < 4.78 is 15.7. The maximum atomic E-state index is 13.8. The maximum absolute atomic E-state index is 13.8. The molecule has 3 N–H and O–H groups in total. The van der Waals surface area contributed by atoms with Gasteiger partial charge in [0.15, 0.2) is 22.9 Å². The zero-order valence-electron chi connectivity index (χ0n) is 16.5. The molecule has 1 aliphatic heterocycles. The molecule has 0 aliphatic carbocycles. The SMILES string of the molecule is CCCNc1nn(C2CCN(C(=O)O)CC2)c2cc(-c3cccc(F)c3O)nnc12. The van der Waals surface area contributed by atoms with Crippen LogP contribution < -0.4 is 5.32 Å². The lowest BCUT2D eigenvalue weighted by atomic mass is 10.1. The molecule has 10 heteroatoms. The van der Waals surface area contributed by atoms with E-state index in [4.69, 9.17) is 5.10 Å². The lowest BCUT2D eigenvalue weighted by Gasteiger charge is -2.30. The first-order valence-electron chi connectivity index (χ1n) is 9.95. The van der Waals surface area contributed by atoms with Crippen LogP contribution in [0.5, 0.6) is 5.75 Å². The first kappa shape index (κ1) is 19.9. The Balaban J connectivity index is 1.76. The highest BCUT2D eigenvalue weighted by molar-refractivity contribution is 5.88. The average Bonchev–Trinajstić information content (AvgIpc) is 3.12. The molecular weight excluding hydrogens is 391 g/mol. The third kappa shape index (κ3) is 3.60. The van der Waals surface area contributed by atoms with Crippen molar-refractivity contribution in [1.82, 2.24) is 24.9 Å². The Hall–Kier alpha value is -3.43. The molecule has 3 aromatic rings. The Labute approximate surface area is 172 Å². The number of fused-ring (bicyclic) bond motifs is 1. The summed E-state index contributed by atoms with van der Waals surface area (Å²) in [7, 11) is 0. The Kier molecular flexibility index (Phi) is 5.39. The molecular formula is C20H23FN6O3. The van der Waals surface area contributed by atoms with Gasteiger partial charge in [0.25, 0.3) is 0 Å². The predicted octanol–water partition coefficient (Wildman–Crippen LogP) is 3.47.